The summed E-state index contributed by atoms with van der Waals surface area (Å²) in [5, 5.41) is 6.86. The monoisotopic (exact) mass is 508 g/mol. The number of para-hydroxylation sites is 1. The number of primary amides is 1. The molecular formula is C26H36N8OS. The van der Waals surface area contributed by atoms with E-state index < -0.39 is 5.54 Å². The first-order chi connectivity index (χ1) is 17.3. The van der Waals surface area contributed by atoms with Crippen LogP contribution in [0.15, 0.2) is 35.3 Å². The van der Waals surface area contributed by atoms with E-state index >= 15 is 0 Å². The van der Waals surface area contributed by atoms with Crippen LogP contribution in [0.4, 0.5) is 11.6 Å². The first kappa shape index (κ1) is 26.0. The topological polar surface area (TPSA) is 112 Å². The Morgan fingerprint density at radius 2 is 1.64 bits per heavy atom. The summed E-state index contributed by atoms with van der Waals surface area (Å²) in [5.74, 6) is 0.792. The molecule has 1 aromatic heterocycles. The molecule has 0 saturated carbocycles. The molecule has 1 aromatic carbocycles. The zero-order valence-corrected chi connectivity index (χ0v) is 22.2. The summed E-state index contributed by atoms with van der Waals surface area (Å²) < 4.78 is 0. The van der Waals surface area contributed by atoms with Gasteiger partial charge in [-0.15, -0.1) is 0 Å². The number of nitrogens with one attached hydrogen (secondary N) is 2. The van der Waals surface area contributed by atoms with E-state index in [1.165, 1.54) is 6.42 Å². The number of aliphatic imine (C=N–C) groups is 1. The number of benzene rings is 1. The largest absolute Gasteiger partial charge is 0.368 e. The highest BCUT2D eigenvalue weighted by Crippen LogP contribution is 2.32. The van der Waals surface area contributed by atoms with Gasteiger partial charge in [-0.2, -0.15) is 4.99 Å². The van der Waals surface area contributed by atoms with E-state index in [9.17, 15) is 4.79 Å². The van der Waals surface area contributed by atoms with Gasteiger partial charge in [0.1, 0.15) is 5.54 Å². The van der Waals surface area contributed by atoms with Crippen molar-refractivity contribution >= 4 is 40.8 Å². The minimum atomic E-state index is -0.613. The lowest BCUT2D eigenvalue weighted by molar-refractivity contribution is -0.134. The first-order valence-corrected chi connectivity index (χ1v) is 13.0. The fraction of sp³-hybridized carbons (Fsp3) is 0.500. The molecule has 192 valence electrons. The molecule has 0 aliphatic carbocycles. The first-order valence-electron chi connectivity index (χ1n) is 12.6. The Hall–Kier alpha value is -3.11. The number of nitrogens with zero attached hydrogens (tertiary/aromatic N) is 5. The lowest BCUT2D eigenvalue weighted by Crippen LogP contribution is -2.64. The third kappa shape index (κ3) is 5.99. The fourth-order valence-corrected chi connectivity index (χ4v) is 5.34. The van der Waals surface area contributed by atoms with Crippen LogP contribution in [0.5, 0.6) is 0 Å². The summed E-state index contributed by atoms with van der Waals surface area (Å²) >= 11 is 5.61. The summed E-state index contributed by atoms with van der Waals surface area (Å²) in [7, 11) is 0. The number of piperidine rings is 2. The third-order valence-electron chi connectivity index (χ3n) is 7.11. The van der Waals surface area contributed by atoms with E-state index in [4.69, 9.17) is 22.9 Å². The number of amides is 1. The molecular weight excluding hydrogens is 472 g/mol. The molecule has 9 nitrogen and oxygen atoms in total. The van der Waals surface area contributed by atoms with Gasteiger partial charge in [0.15, 0.2) is 0 Å². The maximum absolute atomic E-state index is 12.7. The van der Waals surface area contributed by atoms with Gasteiger partial charge < -0.3 is 16.0 Å². The molecule has 2 aliphatic heterocycles. The van der Waals surface area contributed by atoms with Crippen molar-refractivity contribution in [2.75, 3.05) is 36.8 Å². The van der Waals surface area contributed by atoms with Crippen molar-refractivity contribution < 1.29 is 4.79 Å². The normalized spacial score (nSPS) is 18.5. The molecule has 2 saturated heterocycles. The molecule has 10 heteroatoms. The summed E-state index contributed by atoms with van der Waals surface area (Å²) in [6, 6.07) is 9.86. The van der Waals surface area contributed by atoms with E-state index in [0.29, 0.717) is 43.0 Å². The Morgan fingerprint density at radius 3 is 2.25 bits per heavy atom. The molecule has 0 atom stereocenters. The van der Waals surface area contributed by atoms with E-state index in [1.807, 2.05) is 51.1 Å². The Morgan fingerprint density at radius 1 is 1.00 bits per heavy atom. The van der Waals surface area contributed by atoms with Gasteiger partial charge in [0, 0.05) is 30.2 Å². The second-order valence-corrected chi connectivity index (χ2v) is 10.1. The predicted molar refractivity (Wildman–Crippen MR) is 148 cm³/mol. The molecule has 1 amide bonds. The average molecular weight is 509 g/mol. The van der Waals surface area contributed by atoms with Gasteiger partial charge >= 0.3 is 0 Å². The molecule has 2 aliphatic rings. The van der Waals surface area contributed by atoms with Crippen LogP contribution in [0.25, 0.3) is 0 Å². The summed E-state index contributed by atoms with van der Waals surface area (Å²) in [6.07, 6.45) is 4.69. The Labute approximate surface area is 218 Å². The number of likely N-dealkylation sites (tertiary alicyclic amines) is 2. The SMILES string of the molecule is Cc1cc(C)nc(N/C(=N/C(=S)Nc2ccccc2C)N2CCC(C(N)=O)(N3CCCCC3)CC2)n1. The number of anilines is 2. The van der Waals surface area contributed by atoms with Gasteiger partial charge in [0.05, 0.1) is 0 Å². The molecule has 2 aromatic rings. The summed E-state index contributed by atoms with van der Waals surface area (Å²) in [4.78, 5) is 30.9. The van der Waals surface area contributed by atoms with Crippen LogP contribution in [0.2, 0.25) is 0 Å². The van der Waals surface area contributed by atoms with Crippen molar-refractivity contribution in [3.63, 3.8) is 0 Å². The number of aryl methyl sites for hydroxylation is 3. The number of carbonyl (C=O) groups excluding carboxylic acids is 1. The van der Waals surface area contributed by atoms with E-state index in [1.54, 1.807) is 0 Å². The molecule has 2 fully saturated rings. The van der Waals surface area contributed by atoms with Crippen molar-refractivity contribution in [2.24, 2.45) is 10.7 Å². The van der Waals surface area contributed by atoms with Gasteiger partial charge in [0.25, 0.3) is 0 Å². The molecule has 0 spiro atoms. The molecule has 0 radical (unpaired) electrons. The third-order valence-corrected chi connectivity index (χ3v) is 7.30. The predicted octanol–water partition coefficient (Wildman–Crippen LogP) is 3.37. The van der Waals surface area contributed by atoms with Crippen LogP contribution in [-0.4, -0.2) is 68.5 Å². The second kappa shape index (κ2) is 11.3. The minimum Gasteiger partial charge on any atom is -0.368 e. The number of rotatable bonds is 4. The maximum atomic E-state index is 12.7. The number of aromatic nitrogens is 2. The molecule has 4 N–H and O–H groups in total. The number of hydrogen-bond acceptors (Lipinski definition) is 5. The van der Waals surface area contributed by atoms with Gasteiger partial charge in [-0.3, -0.25) is 15.0 Å². The van der Waals surface area contributed by atoms with Crippen LogP contribution in [0.3, 0.4) is 0 Å². The Balaban J connectivity index is 1.57. The van der Waals surface area contributed by atoms with Crippen molar-refractivity contribution in [3.05, 3.63) is 47.3 Å². The van der Waals surface area contributed by atoms with Crippen LogP contribution in [0, 0.1) is 20.8 Å². The van der Waals surface area contributed by atoms with Crippen LogP contribution < -0.4 is 16.4 Å². The van der Waals surface area contributed by atoms with Crippen LogP contribution in [-0.2, 0) is 4.79 Å². The van der Waals surface area contributed by atoms with Crippen molar-refractivity contribution in [1.29, 1.82) is 0 Å². The zero-order chi connectivity index (χ0) is 25.7. The van der Waals surface area contributed by atoms with Crippen LogP contribution >= 0.6 is 12.2 Å². The number of nitrogens with two attached hydrogens (primary N) is 1. The van der Waals surface area contributed by atoms with Crippen molar-refractivity contribution in [3.8, 4) is 0 Å². The number of guanidine groups is 1. The second-order valence-electron chi connectivity index (χ2n) is 9.71. The number of thiocarbonyl (C=S) groups is 1. The smallest absolute Gasteiger partial charge is 0.238 e. The van der Waals surface area contributed by atoms with Crippen molar-refractivity contribution in [2.45, 2.75) is 58.4 Å². The van der Waals surface area contributed by atoms with Crippen LogP contribution in [0.1, 0.15) is 49.1 Å². The van der Waals surface area contributed by atoms with Gasteiger partial charge in [-0.1, -0.05) is 24.6 Å². The summed E-state index contributed by atoms with van der Waals surface area (Å²) in [6.45, 7) is 8.95. The highest BCUT2D eigenvalue weighted by atomic mass is 32.1. The molecule has 4 rings (SSSR count). The summed E-state index contributed by atoms with van der Waals surface area (Å²) in [5.41, 5.74) is 9.09. The van der Waals surface area contributed by atoms with Crippen molar-refractivity contribution in [1.82, 2.24) is 19.8 Å². The van der Waals surface area contributed by atoms with E-state index in [0.717, 1.165) is 48.6 Å². The molecule has 36 heavy (non-hydrogen) atoms. The Kier molecular flexibility index (Phi) is 8.15. The van der Waals surface area contributed by atoms with Gasteiger partial charge in [-0.05, 0) is 89.5 Å². The fourth-order valence-electron chi connectivity index (χ4n) is 5.14. The molecule has 0 bridgehead atoms. The Bertz CT molecular complexity index is 1120. The standard InChI is InChI=1S/C26H36N8OS/c1-18-9-5-6-10-21(18)30-25(36)32-24(31-23-28-19(2)17-20(3)29-23)33-15-11-26(12-16-33,22(27)35)34-13-7-4-8-14-34/h5-6,9-10,17H,4,7-8,11-16H2,1-3H3,(H2,27,35)(H2,28,29,30,31,32,36). The lowest BCUT2D eigenvalue weighted by atomic mass is 9.83. The zero-order valence-electron chi connectivity index (χ0n) is 21.4. The molecule has 3 heterocycles. The number of carbonyl (C=O) groups is 1. The van der Waals surface area contributed by atoms with E-state index in [2.05, 4.69) is 30.4 Å². The van der Waals surface area contributed by atoms with Gasteiger partial charge in [-0.25, -0.2) is 9.97 Å². The highest BCUT2D eigenvalue weighted by molar-refractivity contribution is 7.80. The molecule has 0 unspecified atom stereocenters. The number of hydrogen-bond donors (Lipinski definition) is 3. The maximum Gasteiger partial charge on any atom is 0.238 e. The van der Waals surface area contributed by atoms with Gasteiger partial charge in [0.2, 0.25) is 22.9 Å². The lowest BCUT2D eigenvalue weighted by Gasteiger charge is -2.48. The quantitative estimate of drug-likeness (QED) is 0.327. The van der Waals surface area contributed by atoms with E-state index in [-0.39, 0.29) is 5.91 Å². The average Bonchev–Trinajstić information content (AvgIpc) is 2.85. The minimum absolute atomic E-state index is 0.232. The highest BCUT2D eigenvalue weighted by Gasteiger charge is 2.45.